The molecule has 0 aromatic heterocycles. The molecule has 0 amide bonds. The maximum atomic E-state index is 5.62. The first-order valence-corrected chi connectivity index (χ1v) is 5.78. The summed E-state index contributed by atoms with van der Waals surface area (Å²) in [5, 5.41) is 3.39. The molecular formula is C13H17NO. The van der Waals surface area contributed by atoms with Crippen LogP contribution in [0.5, 0.6) is 0 Å². The van der Waals surface area contributed by atoms with Crippen LogP contribution >= 0.6 is 0 Å². The van der Waals surface area contributed by atoms with Gasteiger partial charge in [-0.3, -0.25) is 0 Å². The molecule has 0 aliphatic carbocycles. The predicted molar refractivity (Wildman–Crippen MR) is 59.8 cm³/mol. The van der Waals surface area contributed by atoms with Crippen molar-refractivity contribution in [3.8, 4) is 0 Å². The lowest BCUT2D eigenvalue weighted by molar-refractivity contribution is 0.118. The van der Waals surface area contributed by atoms with E-state index in [-0.39, 0.29) is 0 Å². The second kappa shape index (κ2) is 3.62. The van der Waals surface area contributed by atoms with E-state index in [1.807, 2.05) is 0 Å². The minimum absolute atomic E-state index is 0.386. The van der Waals surface area contributed by atoms with E-state index in [4.69, 9.17) is 4.74 Å². The summed E-state index contributed by atoms with van der Waals surface area (Å²) in [7, 11) is 0. The van der Waals surface area contributed by atoms with Gasteiger partial charge in [-0.2, -0.15) is 0 Å². The van der Waals surface area contributed by atoms with E-state index in [1.165, 1.54) is 23.1 Å². The van der Waals surface area contributed by atoms with Crippen LogP contribution in [0.1, 0.15) is 36.0 Å². The van der Waals surface area contributed by atoms with E-state index in [9.17, 15) is 0 Å². The summed E-state index contributed by atoms with van der Waals surface area (Å²) < 4.78 is 5.62. The van der Waals surface area contributed by atoms with Gasteiger partial charge in [0.2, 0.25) is 0 Å². The van der Waals surface area contributed by atoms with Crippen molar-refractivity contribution in [1.82, 2.24) is 5.32 Å². The highest BCUT2D eigenvalue weighted by Crippen LogP contribution is 2.32. The Balaban J connectivity index is 1.92. The largest absolute Gasteiger partial charge is 0.378 e. The van der Waals surface area contributed by atoms with E-state index in [0.29, 0.717) is 12.0 Å². The fraction of sp³-hybridized carbons (Fsp3) is 0.538. The van der Waals surface area contributed by atoms with Crippen LogP contribution in [0.25, 0.3) is 0 Å². The summed E-state index contributed by atoms with van der Waals surface area (Å²) in [6, 6.07) is 6.92. The molecule has 80 valence electrons. The van der Waals surface area contributed by atoms with Gasteiger partial charge in [0, 0.05) is 25.6 Å². The van der Waals surface area contributed by atoms with Crippen LogP contribution in [-0.4, -0.2) is 12.7 Å². The Morgan fingerprint density at radius 3 is 2.93 bits per heavy atom. The number of rotatable bonds is 1. The molecule has 1 fully saturated rings. The van der Waals surface area contributed by atoms with Crippen molar-refractivity contribution in [3.05, 3.63) is 34.9 Å². The van der Waals surface area contributed by atoms with Gasteiger partial charge in [0.15, 0.2) is 0 Å². The number of hydrogen-bond donors (Lipinski definition) is 1. The molecule has 2 nitrogen and oxygen atoms in total. The van der Waals surface area contributed by atoms with Crippen molar-refractivity contribution < 1.29 is 4.74 Å². The zero-order valence-electron chi connectivity index (χ0n) is 9.12. The molecule has 2 heteroatoms. The maximum absolute atomic E-state index is 5.62. The molecule has 0 spiro atoms. The van der Waals surface area contributed by atoms with Gasteiger partial charge in [-0.15, -0.1) is 0 Å². The molecule has 1 aromatic rings. The monoisotopic (exact) mass is 203 g/mol. The first-order valence-electron chi connectivity index (χ1n) is 5.78. The summed E-state index contributed by atoms with van der Waals surface area (Å²) >= 11 is 0. The third kappa shape index (κ3) is 1.58. The fourth-order valence-corrected chi connectivity index (χ4v) is 2.71. The molecule has 15 heavy (non-hydrogen) atoms. The van der Waals surface area contributed by atoms with Crippen LogP contribution in [0.3, 0.4) is 0 Å². The van der Waals surface area contributed by atoms with Crippen LogP contribution in [0.15, 0.2) is 18.2 Å². The lowest BCUT2D eigenvalue weighted by atomic mass is 9.91. The number of ether oxygens (including phenoxy) is 1. The van der Waals surface area contributed by atoms with Gasteiger partial charge in [-0.25, -0.2) is 0 Å². The fourth-order valence-electron chi connectivity index (χ4n) is 2.71. The molecule has 2 aliphatic heterocycles. The highest BCUT2D eigenvalue weighted by atomic mass is 16.5. The average Bonchev–Trinajstić information content (AvgIpc) is 2.84. The Bertz CT molecular complexity index is 375. The first-order chi connectivity index (χ1) is 7.34. The molecule has 0 radical (unpaired) electrons. The van der Waals surface area contributed by atoms with Gasteiger partial charge in [-0.1, -0.05) is 18.2 Å². The predicted octanol–water partition coefficient (Wildman–Crippen LogP) is 2.18. The third-order valence-electron chi connectivity index (χ3n) is 3.67. The quantitative estimate of drug-likeness (QED) is 0.755. The van der Waals surface area contributed by atoms with E-state index in [0.717, 1.165) is 19.7 Å². The van der Waals surface area contributed by atoms with Crippen molar-refractivity contribution in [2.75, 3.05) is 6.61 Å². The van der Waals surface area contributed by atoms with Gasteiger partial charge >= 0.3 is 0 Å². The smallest absolute Gasteiger partial charge is 0.0616 e. The molecule has 1 aromatic carbocycles. The third-order valence-corrected chi connectivity index (χ3v) is 3.67. The molecular weight excluding hydrogens is 186 g/mol. The second-order valence-corrected chi connectivity index (χ2v) is 4.60. The Morgan fingerprint density at radius 1 is 1.27 bits per heavy atom. The minimum Gasteiger partial charge on any atom is -0.378 e. The van der Waals surface area contributed by atoms with Crippen molar-refractivity contribution in [2.45, 2.75) is 38.5 Å². The number of benzene rings is 1. The Hall–Kier alpha value is -0.860. The molecule has 2 atom stereocenters. The molecule has 2 aliphatic rings. The molecule has 0 bridgehead atoms. The van der Waals surface area contributed by atoms with Crippen LogP contribution in [-0.2, 0) is 17.8 Å². The van der Waals surface area contributed by atoms with Gasteiger partial charge < -0.3 is 10.1 Å². The van der Waals surface area contributed by atoms with Gasteiger partial charge in [0.1, 0.15) is 0 Å². The number of nitrogens with one attached hydrogen (secondary N) is 1. The van der Waals surface area contributed by atoms with E-state index in [2.05, 4.69) is 30.4 Å². The summed E-state index contributed by atoms with van der Waals surface area (Å²) in [6.45, 7) is 5.17. The van der Waals surface area contributed by atoms with Crippen LogP contribution in [0.4, 0.5) is 0 Å². The normalized spacial score (nSPS) is 29.4. The maximum Gasteiger partial charge on any atom is 0.0616 e. The Kier molecular flexibility index (Phi) is 2.26. The van der Waals surface area contributed by atoms with Gasteiger partial charge in [0.05, 0.1) is 6.10 Å². The summed E-state index contributed by atoms with van der Waals surface area (Å²) in [4.78, 5) is 0. The van der Waals surface area contributed by atoms with Crippen LogP contribution in [0, 0.1) is 0 Å². The number of hydrogen-bond acceptors (Lipinski definition) is 2. The molecule has 2 heterocycles. The lowest BCUT2D eigenvalue weighted by Crippen LogP contribution is -2.09. The summed E-state index contributed by atoms with van der Waals surface area (Å²) in [5.74, 6) is 0.607. The molecule has 3 rings (SSSR count). The molecule has 0 saturated carbocycles. The Morgan fingerprint density at radius 2 is 2.13 bits per heavy atom. The Labute approximate surface area is 90.6 Å². The zero-order chi connectivity index (χ0) is 10.3. The summed E-state index contributed by atoms with van der Waals surface area (Å²) in [6.07, 6.45) is 1.56. The topological polar surface area (TPSA) is 21.3 Å². The first kappa shape index (κ1) is 9.37. The number of fused-ring (bicyclic) bond motifs is 1. The van der Waals surface area contributed by atoms with Gasteiger partial charge in [0.25, 0.3) is 0 Å². The van der Waals surface area contributed by atoms with Crippen molar-refractivity contribution >= 4 is 0 Å². The lowest BCUT2D eigenvalue weighted by Gasteiger charge is -2.15. The molecule has 2 unspecified atom stereocenters. The second-order valence-electron chi connectivity index (χ2n) is 4.60. The average molecular weight is 203 g/mol. The van der Waals surface area contributed by atoms with E-state index >= 15 is 0 Å². The minimum atomic E-state index is 0.386. The van der Waals surface area contributed by atoms with Crippen molar-refractivity contribution in [2.24, 2.45) is 0 Å². The van der Waals surface area contributed by atoms with E-state index in [1.54, 1.807) is 0 Å². The molecule has 1 N–H and O–H groups in total. The van der Waals surface area contributed by atoms with E-state index < -0.39 is 0 Å². The zero-order valence-corrected chi connectivity index (χ0v) is 9.12. The molecule has 1 saturated heterocycles. The highest BCUT2D eigenvalue weighted by molar-refractivity contribution is 5.36. The van der Waals surface area contributed by atoms with Crippen LogP contribution in [0.2, 0.25) is 0 Å². The SMILES string of the molecule is CC1OCCC1c1ccc2c(c1)CNC2. The van der Waals surface area contributed by atoms with Crippen molar-refractivity contribution in [3.63, 3.8) is 0 Å². The van der Waals surface area contributed by atoms with Crippen molar-refractivity contribution in [1.29, 1.82) is 0 Å². The van der Waals surface area contributed by atoms with Crippen LogP contribution < -0.4 is 5.32 Å². The summed E-state index contributed by atoms with van der Waals surface area (Å²) in [5.41, 5.74) is 4.40. The van der Waals surface area contributed by atoms with Gasteiger partial charge in [-0.05, 0) is 30.0 Å². The highest BCUT2D eigenvalue weighted by Gasteiger charge is 2.26. The standard InChI is InChI=1S/C13H17NO/c1-9-13(4-5-15-9)10-2-3-11-7-14-8-12(11)6-10/h2-3,6,9,13-14H,4-5,7-8H2,1H3.